The predicted octanol–water partition coefficient (Wildman–Crippen LogP) is 11.0. The van der Waals surface area contributed by atoms with Gasteiger partial charge in [-0.2, -0.15) is 0 Å². The maximum Gasteiger partial charge on any atom is 0.0618 e. The van der Waals surface area contributed by atoms with Gasteiger partial charge in [-0.25, -0.2) is 0 Å². The van der Waals surface area contributed by atoms with Gasteiger partial charge in [0.05, 0.1) is 16.7 Å². The molecule has 0 saturated heterocycles. The Labute approximate surface area is 258 Å². The van der Waals surface area contributed by atoms with Gasteiger partial charge in [0, 0.05) is 44.9 Å². The van der Waals surface area contributed by atoms with Crippen LogP contribution >= 0.6 is 0 Å². The van der Waals surface area contributed by atoms with Gasteiger partial charge < -0.3 is 9.47 Å². The Balaban J connectivity index is 1.29. The van der Waals surface area contributed by atoms with Gasteiger partial charge in [0.2, 0.25) is 0 Å². The van der Waals surface area contributed by atoms with Gasteiger partial charge in [0.15, 0.2) is 0 Å². The molecule has 0 spiro atoms. The minimum atomic E-state index is 0.432. The van der Waals surface area contributed by atoms with Gasteiger partial charge in [0.1, 0.15) is 0 Å². The number of para-hydroxylation sites is 4. The number of hydrogen-bond donors (Lipinski definition) is 0. The zero-order valence-corrected chi connectivity index (χ0v) is 24.5. The third-order valence-corrected chi connectivity index (χ3v) is 9.55. The molecule has 0 fully saturated rings. The van der Waals surface area contributed by atoms with Crippen molar-refractivity contribution in [3.8, 4) is 16.8 Å². The molecule has 1 aliphatic heterocycles. The molecule has 0 radical (unpaired) electrons. The van der Waals surface area contributed by atoms with Crippen LogP contribution in [0, 0.1) is 0 Å². The molecular weight excluding hydrogens is 532 g/mol. The lowest BCUT2D eigenvalue weighted by Crippen LogP contribution is -2.21. The van der Waals surface area contributed by atoms with Crippen LogP contribution in [-0.4, -0.2) is 4.57 Å². The first-order chi connectivity index (χ1) is 21.9. The van der Waals surface area contributed by atoms with Crippen molar-refractivity contribution in [1.82, 2.24) is 4.57 Å². The minimum absolute atomic E-state index is 0.432. The lowest BCUT2D eigenvalue weighted by Gasteiger charge is -2.29. The molecule has 210 valence electrons. The highest BCUT2D eigenvalue weighted by molar-refractivity contribution is 6.10. The van der Waals surface area contributed by atoms with Crippen LogP contribution in [0.25, 0.3) is 44.2 Å². The summed E-state index contributed by atoms with van der Waals surface area (Å²) < 4.78 is 2.50. The van der Waals surface area contributed by atoms with Crippen LogP contribution in [0.15, 0.2) is 163 Å². The van der Waals surface area contributed by atoms with Gasteiger partial charge in [-0.1, -0.05) is 121 Å². The smallest absolute Gasteiger partial charge is 0.0618 e. The fourth-order valence-electron chi connectivity index (χ4n) is 7.66. The van der Waals surface area contributed by atoms with Gasteiger partial charge in [-0.05, 0) is 66.3 Å². The van der Waals surface area contributed by atoms with Crippen molar-refractivity contribution in [3.05, 3.63) is 174 Å². The standard InChI is InChI=1S/C42H32N2/c1-2-14-29(15-3-1)32-22-13-23-33(42(32)44-40-26-10-6-20-36(40)37-21-7-11-27-41(37)44)30-16-12-17-31(28-30)43-38-24-8-4-18-34(38)35-19-5-9-25-39(35)43/h1-11,13-16,18,20-28,35H,12,17,19H2. The monoisotopic (exact) mass is 564 g/mol. The molecule has 2 heterocycles. The predicted molar refractivity (Wildman–Crippen MR) is 185 cm³/mol. The lowest BCUT2D eigenvalue weighted by atomic mass is 9.91. The van der Waals surface area contributed by atoms with Crippen LogP contribution in [-0.2, 0) is 0 Å². The van der Waals surface area contributed by atoms with E-state index in [2.05, 4.69) is 161 Å². The third kappa shape index (κ3) is 3.81. The zero-order chi connectivity index (χ0) is 29.0. The van der Waals surface area contributed by atoms with Crippen molar-refractivity contribution in [2.45, 2.75) is 25.2 Å². The van der Waals surface area contributed by atoms with Crippen molar-refractivity contribution in [3.63, 3.8) is 0 Å². The first-order valence-electron chi connectivity index (χ1n) is 15.7. The van der Waals surface area contributed by atoms with Crippen LogP contribution in [0.4, 0.5) is 5.69 Å². The second kappa shape index (κ2) is 10.1. The summed E-state index contributed by atoms with van der Waals surface area (Å²) in [5, 5.41) is 2.56. The molecule has 1 atom stereocenters. The molecular formula is C42H32N2. The van der Waals surface area contributed by atoms with E-state index in [-0.39, 0.29) is 0 Å². The van der Waals surface area contributed by atoms with Crippen molar-refractivity contribution < 1.29 is 0 Å². The maximum absolute atomic E-state index is 2.55. The van der Waals surface area contributed by atoms with Gasteiger partial charge in [-0.3, -0.25) is 0 Å². The van der Waals surface area contributed by atoms with Gasteiger partial charge in [-0.15, -0.1) is 0 Å². The van der Waals surface area contributed by atoms with E-state index in [1.807, 2.05) is 0 Å². The Morgan fingerprint density at radius 1 is 0.636 bits per heavy atom. The van der Waals surface area contributed by atoms with Crippen molar-refractivity contribution in [2.24, 2.45) is 0 Å². The topological polar surface area (TPSA) is 8.17 Å². The quantitative estimate of drug-likeness (QED) is 0.207. The summed E-state index contributed by atoms with van der Waals surface area (Å²) in [6.07, 6.45) is 14.9. The Kier molecular flexibility index (Phi) is 5.80. The van der Waals surface area contributed by atoms with E-state index < -0.39 is 0 Å². The normalized spacial score (nSPS) is 17.3. The maximum atomic E-state index is 2.55. The average Bonchev–Trinajstić information content (AvgIpc) is 3.61. The summed E-state index contributed by atoms with van der Waals surface area (Å²) in [5.74, 6) is 0.432. The summed E-state index contributed by atoms with van der Waals surface area (Å²) in [4.78, 5) is 2.55. The van der Waals surface area contributed by atoms with Crippen LogP contribution < -0.4 is 4.90 Å². The molecule has 0 N–H and O–H groups in total. The van der Waals surface area contributed by atoms with E-state index in [9.17, 15) is 0 Å². The largest absolute Gasteiger partial charge is 0.317 e. The molecule has 6 aromatic rings. The first kappa shape index (κ1) is 25.2. The number of aromatic nitrogens is 1. The average molecular weight is 565 g/mol. The molecule has 5 aromatic carbocycles. The van der Waals surface area contributed by atoms with E-state index in [1.54, 1.807) is 0 Å². The van der Waals surface area contributed by atoms with E-state index in [1.165, 1.54) is 72.4 Å². The van der Waals surface area contributed by atoms with Crippen molar-refractivity contribution >= 4 is 33.1 Å². The molecule has 0 amide bonds. The first-order valence-corrected chi connectivity index (χ1v) is 15.7. The second-order valence-corrected chi connectivity index (χ2v) is 12.0. The van der Waals surface area contributed by atoms with Crippen LogP contribution in [0.5, 0.6) is 0 Å². The Hall–Kier alpha value is -5.34. The van der Waals surface area contributed by atoms with E-state index in [4.69, 9.17) is 0 Å². The summed E-state index contributed by atoms with van der Waals surface area (Å²) in [6, 6.07) is 44.3. The number of hydrogen-bond acceptors (Lipinski definition) is 1. The molecule has 3 aliphatic rings. The minimum Gasteiger partial charge on any atom is -0.317 e. The van der Waals surface area contributed by atoms with E-state index >= 15 is 0 Å². The van der Waals surface area contributed by atoms with Crippen LogP contribution in [0.1, 0.15) is 36.3 Å². The number of rotatable bonds is 4. The van der Waals surface area contributed by atoms with Gasteiger partial charge in [0.25, 0.3) is 0 Å². The Morgan fingerprint density at radius 3 is 2.16 bits per heavy atom. The molecule has 2 aliphatic carbocycles. The van der Waals surface area contributed by atoms with E-state index in [0.717, 1.165) is 19.3 Å². The molecule has 1 aromatic heterocycles. The van der Waals surface area contributed by atoms with Crippen molar-refractivity contribution in [1.29, 1.82) is 0 Å². The van der Waals surface area contributed by atoms with Gasteiger partial charge >= 0.3 is 0 Å². The highest BCUT2D eigenvalue weighted by Gasteiger charge is 2.35. The summed E-state index contributed by atoms with van der Waals surface area (Å²) in [7, 11) is 0. The molecule has 9 rings (SSSR count). The molecule has 0 saturated carbocycles. The Morgan fingerprint density at radius 2 is 1.34 bits per heavy atom. The molecule has 0 bridgehead atoms. The fourth-order valence-corrected chi connectivity index (χ4v) is 7.66. The zero-order valence-electron chi connectivity index (χ0n) is 24.5. The summed E-state index contributed by atoms with van der Waals surface area (Å²) in [6.45, 7) is 0. The van der Waals surface area contributed by atoms with Crippen LogP contribution in [0.2, 0.25) is 0 Å². The molecule has 44 heavy (non-hydrogen) atoms. The summed E-state index contributed by atoms with van der Waals surface area (Å²) in [5.41, 5.74) is 14.3. The number of anilines is 1. The number of nitrogens with zero attached hydrogens (tertiary/aromatic N) is 2. The highest BCUT2D eigenvalue weighted by atomic mass is 15.2. The highest BCUT2D eigenvalue weighted by Crippen LogP contribution is 2.50. The molecule has 2 heteroatoms. The van der Waals surface area contributed by atoms with E-state index in [0.29, 0.717) is 5.92 Å². The second-order valence-electron chi connectivity index (χ2n) is 12.0. The fraction of sp³-hybridized carbons (Fsp3) is 0.0952. The number of fused-ring (bicyclic) bond motifs is 6. The third-order valence-electron chi connectivity index (χ3n) is 9.55. The summed E-state index contributed by atoms with van der Waals surface area (Å²) >= 11 is 0. The molecule has 2 nitrogen and oxygen atoms in total. The lowest BCUT2D eigenvalue weighted by molar-refractivity contribution is 0.796. The number of allylic oxidation sites excluding steroid dienone is 8. The van der Waals surface area contributed by atoms with Crippen molar-refractivity contribution in [2.75, 3.05) is 4.90 Å². The SMILES string of the molecule is C1=CCC2C(=C1)N(C1=CC(c3cccc(-c4ccccc4)c3-n3c4ccccc4c4ccccc43)=CCC1)c1ccccc12. The Bertz CT molecular complexity index is 2150. The number of benzene rings is 5. The molecule has 1 unspecified atom stereocenters. The van der Waals surface area contributed by atoms with Crippen LogP contribution in [0.3, 0.4) is 0 Å².